The minimum Gasteiger partial charge on any atom is -0.299 e. The van der Waals surface area contributed by atoms with Crippen molar-refractivity contribution in [3.05, 3.63) is 0 Å². The predicted molar refractivity (Wildman–Crippen MR) is 92.8 cm³/mol. The Labute approximate surface area is 137 Å². The van der Waals surface area contributed by atoms with Crippen molar-refractivity contribution < 1.29 is 9.59 Å². The molecule has 1 aliphatic rings. The SMILES string of the molecule is CCC1(C)CC(C)(C)CC(C)(C)C(C(C)=O)C(=O)C(C)(C)C1. The minimum atomic E-state index is -0.485. The lowest BCUT2D eigenvalue weighted by Crippen LogP contribution is -2.44. The van der Waals surface area contributed by atoms with Gasteiger partial charge < -0.3 is 0 Å². The molecule has 0 bridgehead atoms. The molecule has 128 valence electrons. The largest absolute Gasteiger partial charge is 0.299 e. The third kappa shape index (κ3) is 4.00. The summed E-state index contributed by atoms with van der Waals surface area (Å²) >= 11 is 0. The number of carbonyl (C=O) groups excluding carboxylic acids is 2. The fourth-order valence-corrected chi connectivity index (χ4v) is 5.50. The summed E-state index contributed by atoms with van der Waals surface area (Å²) in [6, 6.07) is 0. The van der Waals surface area contributed by atoms with Crippen molar-refractivity contribution in [2.45, 2.75) is 88.0 Å². The van der Waals surface area contributed by atoms with Crippen LogP contribution in [-0.2, 0) is 9.59 Å². The van der Waals surface area contributed by atoms with Crippen LogP contribution >= 0.6 is 0 Å². The number of rotatable bonds is 2. The van der Waals surface area contributed by atoms with E-state index in [1.54, 1.807) is 6.92 Å². The highest BCUT2D eigenvalue weighted by Gasteiger charge is 2.50. The van der Waals surface area contributed by atoms with Crippen molar-refractivity contribution in [3.8, 4) is 0 Å². The Morgan fingerprint density at radius 3 is 1.91 bits per heavy atom. The quantitative estimate of drug-likeness (QED) is 0.637. The van der Waals surface area contributed by atoms with E-state index in [9.17, 15) is 9.59 Å². The molecule has 1 aliphatic carbocycles. The van der Waals surface area contributed by atoms with Gasteiger partial charge in [0.1, 0.15) is 11.6 Å². The molecule has 0 aliphatic heterocycles. The normalized spacial score (nSPS) is 34.4. The fourth-order valence-electron chi connectivity index (χ4n) is 5.50. The Morgan fingerprint density at radius 2 is 1.50 bits per heavy atom. The first-order valence-corrected chi connectivity index (χ1v) is 8.71. The second kappa shape index (κ2) is 5.76. The highest BCUT2D eigenvalue weighted by atomic mass is 16.2. The number of ketones is 2. The summed E-state index contributed by atoms with van der Waals surface area (Å²) in [7, 11) is 0. The Kier molecular flexibility index (Phi) is 5.08. The van der Waals surface area contributed by atoms with Crippen molar-refractivity contribution in [1.82, 2.24) is 0 Å². The third-order valence-electron chi connectivity index (χ3n) is 5.68. The summed E-state index contributed by atoms with van der Waals surface area (Å²) in [6.45, 7) is 19.0. The van der Waals surface area contributed by atoms with Gasteiger partial charge in [0.05, 0.1) is 5.92 Å². The van der Waals surface area contributed by atoms with Gasteiger partial charge in [-0.25, -0.2) is 0 Å². The van der Waals surface area contributed by atoms with Gasteiger partial charge in [-0.1, -0.05) is 61.8 Å². The molecule has 2 nitrogen and oxygen atoms in total. The number of carbonyl (C=O) groups is 2. The molecule has 1 saturated carbocycles. The molecule has 0 N–H and O–H groups in total. The molecule has 0 radical (unpaired) electrons. The second-order valence-electron chi connectivity index (χ2n) is 10.1. The van der Waals surface area contributed by atoms with Crippen molar-refractivity contribution in [1.29, 1.82) is 0 Å². The summed E-state index contributed by atoms with van der Waals surface area (Å²) < 4.78 is 0. The molecule has 0 heterocycles. The van der Waals surface area contributed by atoms with Gasteiger partial charge >= 0.3 is 0 Å². The maximum atomic E-state index is 13.2. The third-order valence-corrected chi connectivity index (χ3v) is 5.68. The van der Waals surface area contributed by atoms with Crippen molar-refractivity contribution in [3.63, 3.8) is 0 Å². The van der Waals surface area contributed by atoms with Gasteiger partial charge in [0.2, 0.25) is 0 Å². The van der Waals surface area contributed by atoms with Gasteiger partial charge in [-0.15, -0.1) is 0 Å². The molecule has 0 aromatic carbocycles. The zero-order valence-electron chi connectivity index (χ0n) is 16.2. The number of Topliss-reactive ketones (excluding diaryl/α,β-unsaturated/α-hetero) is 2. The van der Waals surface area contributed by atoms with E-state index < -0.39 is 11.3 Å². The maximum absolute atomic E-state index is 13.2. The maximum Gasteiger partial charge on any atom is 0.149 e. The Balaban J connectivity index is 3.47. The molecular weight excluding hydrogens is 272 g/mol. The van der Waals surface area contributed by atoms with Crippen LogP contribution in [0.3, 0.4) is 0 Å². The zero-order valence-corrected chi connectivity index (χ0v) is 16.2. The molecule has 1 fully saturated rings. The van der Waals surface area contributed by atoms with Crippen LogP contribution in [0.5, 0.6) is 0 Å². The molecule has 0 saturated heterocycles. The number of hydrogen-bond acceptors (Lipinski definition) is 2. The topological polar surface area (TPSA) is 34.1 Å². The summed E-state index contributed by atoms with van der Waals surface area (Å²) in [5.74, 6) is -0.317. The van der Waals surface area contributed by atoms with E-state index in [-0.39, 0.29) is 27.8 Å². The van der Waals surface area contributed by atoms with Crippen LogP contribution < -0.4 is 0 Å². The van der Waals surface area contributed by atoms with E-state index in [0.29, 0.717) is 0 Å². The highest BCUT2D eigenvalue weighted by Crippen LogP contribution is 2.53. The van der Waals surface area contributed by atoms with E-state index in [2.05, 4.69) is 41.5 Å². The molecule has 2 atom stereocenters. The van der Waals surface area contributed by atoms with Gasteiger partial charge in [0.15, 0.2) is 0 Å². The Bertz CT molecular complexity index is 456. The summed E-state index contributed by atoms with van der Waals surface area (Å²) in [6.07, 6.45) is 3.93. The first-order chi connectivity index (χ1) is 9.66. The van der Waals surface area contributed by atoms with Crippen LogP contribution in [0.2, 0.25) is 0 Å². The lowest BCUT2D eigenvalue weighted by Gasteiger charge is -2.41. The first-order valence-electron chi connectivity index (χ1n) is 8.71. The van der Waals surface area contributed by atoms with Crippen LogP contribution in [0.4, 0.5) is 0 Å². The molecule has 0 aromatic heterocycles. The molecule has 1 rings (SSSR count). The fraction of sp³-hybridized carbons (Fsp3) is 0.900. The monoisotopic (exact) mass is 308 g/mol. The molecule has 2 heteroatoms. The Morgan fingerprint density at radius 1 is 1.00 bits per heavy atom. The highest BCUT2D eigenvalue weighted by molar-refractivity contribution is 6.04. The molecule has 0 amide bonds. The molecule has 0 aromatic rings. The van der Waals surface area contributed by atoms with Gasteiger partial charge in [-0.05, 0) is 42.4 Å². The van der Waals surface area contributed by atoms with Gasteiger partial charge in [0, 0.05) is 5.41 Å². The van der Waals surface area contributed by atoms with E-state index in [1.165, 1.54) is 0 Å². The van der Waals surface area contributed by atoms with E-state index in [4.69, 9.17) is 0 Å². The molecule has 2 unspecified atom stereocenters. The van der Waals surface area contributed by atoms with E-state index >= 15 is 0 Å². The number of hydrogen-bond donors (Lipinski definition) is 0. The van der Waals surface area contributed by atoms with Crippen LogP contribution in [0.1, 0.15) is 88.0 Å². The summed E-state index contributed by atoms with van der Waals surface area (Å²) in [5, 5.41) is 0. The van der Waals surface area contributed by atoms with E-state index in [0.717, 1.165) is 25.7 Å². The lowest BCUT2D eigenvalue weighted by atomic mass is 9.63. The Hall–Kier alpha value is -0.660. The van der Waals surface area contributed by atoms with Gasteiger partial charge in [-0.2, -0.15) is 0 Å². The summed E-state index contributed by atoms with van der Waals surface area (Å²) in [5.41, 5.74) is -0.464. The molecule has 0 spiro atoms. The standard InChI is InChI=1S/C20H36O2/c1-10-20(9)12-17(3,4)11-18(5,6)15(14(2)21)16(22)19(7,8)13-20/h15H,10-13H2,1-9H3. The average Bonchev–Trinajstić information content (AvgIpc) is 2.24. The zero-order chi connectivity index (χ0) is 17.6. The summed E-state index contributed by atoms with van der Waals surface area (Å²) in [4.78, 5) is 25.5. The van der Waals surface area contributed by atoms with E-state index in [1.807, 2.05) is 13.8 Å². The van der Waals surface area contributed by atoms with Crippen molar-refractivity contribution >= 4 is 11.6 Å². The molecule has 22 heavy (non-hydrogen) atoms. The minimum absolute atomic E-state index is 0.0268. The van der Waals surface area contributed by atoms with Crippen LogP contribution in [0.25, 0.3) is 0 Å². The lowest BCUT2D eigenvalue weighted by molar-refractivity contribution is -0.143. The predicted octanol–water partition coefficient (Wildman–Crippen LogP) is 5.44. The van der Waals surface area contributed by atoms with Gasteiger partial charge in [0.25, 0.3) is 0 Å². The van der Waals surface area contributed by atoms with Crippen LogP contribution in [0.15, 0.2) is 0 Å². The van der Waals surface area contributed by atoms with Gasteiger partial charge in [-0.3, -0.25) is 9.59 Å². The molecular formula is C20H36O2. The van der Waals surface area contributed by atoms with Crippen LogP contribution in [0, 0.1) is 27.6 Å². The van der Waals surface area contributed by atoms with Crippen LogP contribution in [-0.4, -0.2) is 11.6 Å². The van der Waals surface area contributed by atoms with Crippen molar-refractivity contribution in [2.75, 3.05) is 0 Å². The second-order valence-corrected chi connectivity index (χ2v) is 10.1. The average molecular weight is 309 g/mol. The smallest absolute Gasteiger partial charge is 0.149 e. The first kappa shape index (κ1) is 19.4. The van der Waals surface area contributed by atoms with Crippen molar-refractivity contribution in [2.24, 2.45) is 27.6 Å².